The molecule has 5 rings (SSSR count). The van der Waals surface area contributed by atoms with Crippen molar-refractivity contribution in [3.63, 3.8) is 0 Å². The van der Waals surface area contributed by atoms with E-state index < -0.39 is 25.9 Å². The zero-order valence-electron chi connectivity index (χ0n) is 29.3. The molecule has 0 aliphatic heterocycles. The van der Waals surface area contributed by atoms with Crippen LogP contribution in [0.1, 0.15) is 54.3 Å². The van der Waals surface area contributed by atoms with Gasteiger partial charge in [0.1, 0.15) is 12.6 Å². The number of hydrogen-bond donors (Lipinski definition) is 1. The molecule has 0 unspecified atom stereocenters. The van der Waals surface area contributed by atoms with Crippen molar-refractivity contribution in [2.24, 2.45) is 0 Å². The highest BCUT2D eigenvalue weighted by atomic mass is 28.4. The van der Waals surface area contributed by atoms with E-state index in [1.54, 1.807) is 0 Å². The Morgan fingerprint density at radius 3 is 1.65 bits per heavy atom. The summed E-state index contributed by atoms with van der Waals surface area (Å²) < 4.78 is 18.6. The van der Waals surface area contributed by atoms with Gasteiger partial charge in [0, 0.05) is 6.20 Å². The zero-order valence-corrected chi connectivity index (χ0v) is 30.3. The zero-order chi connectivity index (χ0) is 34.7. The fourth-order valence-corrected chi connectivity index (χ4v) is 6.41. The maximum atomic E-state index is 14.0. The summed E-state index contributed by atoms with van der Waals surface area (Å²) in [6.45, 7) is 12.2. The minimum absolute atomic E-state index is 0.0815. The quantitative estimate of drug-likeness (QED) is 0.0681. The first kappa shape index (κ1) is 35.9. The van der Waals surface area contributed by atoms with Crippen LogP contribution < -0.4 is 5.32 Å². The van der Waals surface area contributed by atoms with Gasteiger partial charge in [-0.3, -0.25) is 15.1 Å². The first-order chi connectivity index (χ1) is 23.6. The third-order valence-electron chi connectivity index (χ3n) is 9.35. The van der Waals surface area contributed by atoms with Crippen LogP contribution in [0.4, 0.5) is 0 Å². The van der Waals surface area contributed by atoms with Crippen molar-refractivity contribution in [1.29, 1.82) is 0 Å². The van der Waals surface area contributed by atoms with E-state index >= 15 is 0 Å². The molecule has 49 heavy (non-hydrogen) atoms. The molecule has 0 aliphatic carbocycles. The summed E-state index contributed by atoms with van der Waals surface area (Å²) in [6, 6.07) is 43.5. The summed E-state index contributed by atoms with van der Waals surface area (Å²) in [5.74, 6) is -0.396. The number of esters is 1. The van der Waals surface area contributed by atoms with Crippen LogP contribution in [0.15, 0.2) is 140 Å². The Hall–Kier alpha value is -4.40. The summed E-state index contributed by atoms with van der Waals surface area (Å²) in [5, 5.41) is 3.89. The summed E-state index contributed by atoms with van der Waals surface area (Å²) in [7, 11) is -1.88. The van der Waals surface area contributed by atoms with Gasteiger partial charge in [-0.2, -0.15) is 0 Å². The molecular formula is C42H48N2O4Si. The largest absolute Gasteiger partial charge is 0.460 e. The molecule has 7 heteroatoms. The van der Waals surface area contributed by atoms with Crippen molar-refractivity contribution in [3.05, 3.63) is 173 Å². The lowest BCUT2D eigenvalue weighted by Crippen LogP contribution is -2.54. The number of carbonyl (C=O) groups excluding carboxylic acids is 1. The molecule has 0 amide bonds. The SMILES string of the molecule is CC(C)(C)[Si](C)(C)OCc1ccc(COC[C@H](NC(c2ccccc2)(c2ccccc2)c2ccccc2)C(=O)OCc2ccccc2)cn1. The van der Waals surface area contributed by atoms with Crippen LogP contribution in [0.5, 0.6) is 0 Å². The lowest BCUT2D eigenvalue weighted by atomic mass is 9.76. The topological polar surface area (TPSA) is 69.7 Å². The number of pyridine rings is 1. The van der Waals surface area contributed by atoms with Gasteiger partial charge in [-0.1, -0.05) is 148 Å². The van der Waals surface area contributed by atoms with E-state index in [4.69, 9.17) is 13.9 Å². The van der Waals surface area contributed by atoms with E-state index in [1.807, 2.05) is 103 Å². The van der Waals surface area contributed by atoms with E-state index in [9.17, 15) is 4.79 Å². The highest BCUT2D eigenvalue weighted by Crippen LogP contribution is 2.38. The van der Waals surface area contributed by atoms with Crippen LogP contribution in [0.2, 0.25) is 18.1 Å². The Morgan fingerprint density at radius 2 is 1.18 bits per heavy atom. The molecule has 1 atom stereocenters. The first-order valence-electron chi connectivity index (χ1n) is 16.9. The monoisotopic (exact) mass is 672 g/mol. The predicted octanol–water partition coefficient (Wildman–Crippen LogP) is 8.81. The van der Waals surface area contributed by atoms with Crippen LogP contribution in [0, 0.1) is 0 Å². The van der Waals surface area contributed by atoms with Gasteiger partial charge in [-0.25, -0.2) is 0 Å². The maximum Gasteiger partial charge on any atom is 0.325 e. The van der Waals surface area contributed by atoms with Crippen LogP contribution in [0.3, 0.4) is 0 Å². The molecule has 1 aromatic heterocycles. The Morgan fingerprint density at radius 1 is 0.673 bits per heavy atom. The van der Waals surface area contributed by atoms with Crippen molar-refractivity contribution >= 4 is 14.3 Å². The highest BCUT2D eigenvalue weighted by molar-refractivity contribution is 6.74. The van der Waals surface area contributed by atoms with E-state index in [-0.39, 0.29) is 24.9 Å². The molecule has 6 nitrogen and oxygen atoms in total. The van der Waals surface area contributed by atoms with Crippen LogP contribution in [0.25, 0.3) is 0 Å². The second-order valence-corrected chi connectivity index (χ2v) is 18.7. The Bertz CT molecular complexity index is 1630. The molecule has 0 bridgehead atoms. The Kier molecular flexibility index (Phi) is 12.0. The number of nitrogens with one attached hydrogen (secondary N) is 1. The van der Waals surface area contributed by atoms with Gasteiger partial charge in [0.05, 0.1) is 31.1 Å². The molecule has 0 radical (unpaired) electrons. The summed E-state index contributed by atoms with van der Waals surface area (Å²) in [5.41, 5.74) is 4.81. The molecule has 0 saturated carbocycles. The summed E-state index contributed by atoms with van der Waals surface area (Å²) in [4.78, 5) is 18.7. The fraction of sp³-hybridized carbons (Fsp3) is 0.286. The molecule has 0 saturated heterocycles. The Balaban J connectivity index is 1.40. The predicted molar refractivity (Wildman–Crippen MR) is 198 cm³/mol. The number of ether oxygens (including phenoxy) is 2. The molecule has 0 aliphatic rings. The molecule has 0 fully saturated rings. The van der Waals surface area contributed by atoms with Crippen molar-refractivity contribution in [1.82, 2.24) is 10.3 Å². The van der Waals surface area contributed by atoms with E-state index in [1.165, 1.54) is 0 Å². The van der Waals surface area contributed by atoms with E-state index in [0.29, 0.717) is 6.61 Å². The minimum atomic E-state index is -1.88. The molecular weight excluding hydrogens is 625 g/mol. The number of aromatic nitrogens is 1. The number of nitrogens with zero attached hydrogens (tertiary/aromatic N) is 1. The Labute approximate surface area is 292 Å². The molecule has 4 aromatic carbocycles. The van der Waals surface area contributed by atoms with Gasteiger partial charge in [-0.05, 0) is 52.0 Å². The molecule has 1 heterocycles. The molecule has 254 valence electrons. The normalized spacial score (nSPS) is 12.8. The van der Waals surface area contributed by atoms with Crippen LogP contribution in [-0.4, -0.2) is 31.9 Å². The number of hydrogen-bond acceptors (Lipinski definition) is 6. The smallest absolute Gasteiger partial charge is 0.325 e. The lowest BCUT2D eigenvalue weighted by molar-refractivity contribution is -0.150. The molecule has 0 spiro atoms. The van der Waals surface area contributed by atoms with Crippen LogP contribution in [-0.2, 0) is 44.1 Å². The number of carbonyl (C=O) groups is 1. The molecule has 1 N–H and O–H groups in total. The number of benzene rings is 4. The third-order valence-corrected chi connectivity index (χ3v) is 13.8. The summed E-state index contributed by atoms with van der Waals surface area (Å²) >= 11 is 0. The molecule has 5 aromatic rings. The van der Waals surface area contributed by atoms with Gasteiger partial charge >= 0.3 is 5.97 Å². The van der Waals surface area contributed by atoms with Crippen molar-refractivity contribution in [2.75, 3.05) is 6.61 Å². The first-order valence-corrected chi connectivity index (χ1v) is 19.8. The van der Waals surface area contributed by atoms with E-state index in [0.717, 1.165) is 33.5 Å². The fourth-order valence-electron chi connectivity index (χ4n) is 5.47. The average molecular weight is 673 g/mol. The second-order valence-electron chi connectivity index (χ2n) is 13.9. The van der Waals surface area contributed by atoms with Gasteiger partial charge in [0.15, 0.2) is 8.32 Å². The van der Waals surface area contributed by atoms with Crippen molar-refractivity contribution < 1.29 is 18.7 Å². The standard InChI is InChI=1S/C42H48N2O4Si/c1-41(2,3)49(4,5)48-31-38-27-26-34(28-43-38)29-46-32-39(40(45)47-30-33-18-10-6-11-19-33)44-42(35-20-12-7-13-21-35,36-22-14-8-15-23-36)37-24-16-9-17-25-37/h6-28,39,44H,29-32H2,1-5H3/t39-/m0/s1. The van der Waals surface area contributed by atoms with Crippen LogP contribution >= 0.6 is 0 Å². The van der Waals surface area contributed by atoms with Gasteiger partial charge < -0.3 is 13.9 Å². The second kappa shape index (κ2) is 16.3. The van der Waals surface area contributed by atoms with Crippen molar-refractivity contribution in [2.45, 2.75) is 70.3 Å². The van der Waals surface area contributed by atoms with Gasteiger partial charge in [0.2, 0.25) is 0 Å². The van der Waals surface area contributed by atoms with E-state index in [2.05, 4.69) is 80.6 Å². The van der Waals surface area contributed by atoms with Crippen molar-refractivity contribution in [3.8, 4) is 0 Å². The maximum absolute atomic E-state index is 14.0. The highest BCUT2D eigenvalue weighted by Gasteiger charge is 2.40. The minimum Gasteiger partial charge on any atom is -0.460 e. The van der Waals surface area contributed by atoms with Gasteiger partial charge in [-0.15, -0.1) is 0 Å². The third kappa shape index (κ3) is 9.19. The summed E-state index contributed by atoms with van der Waals surface area (Å²) in [6.07, 6.45) is 1.82. The van der Waals surface area contributed by atoms with Gasteiger partial charge in [0.25, 0.3) is 0 Å². The number of rotatable bonds is 15. The average Bonchev–Trinajstić information content (AvgIpc) is 3.13. The lowest BCUT2D eigenvalue weighted by Gasteiger charge is -2.39.